The molecule has 4 fully saturated rings. The van der Waals surface area contributed by atoms with E-state index in [1.807, 2.05) is 0 Å². The average molecular weight is 611 g/mol. The largest absolute Gasteiger partial charge is 0.390 e. The zero-order valence-corrected chi connectivity index (χ0v) is 23.7. The lowest BCUT2D eigenvalue weighted by atomic mass is 9.38. The molecule has 2 bridgehead atoms. The number of carbonyl (C=O) groups is 1. The Bertz CT molecular complexity index is 1290. The van der Waals surface area contributed by atoms with Gasteiger partial charge in [0.05, 0.1) is 17.7 Å². The van der Waals surface area contributed by atoms with E-state index in [4.69, 9.17) is 16.6 Å². The quantitative estimate of drug-likeness (QED) is 0.377. The van der Waals surface area contributed by atoms with Gasteiger partial charge in [-0.1, -0.05) is 23.7 Å². The second-order valence-corrected chi connectivity index (χ2v) is 14.8. The van der Waals surface area contributed by atoms with Crippen molar-refractivity contribution in [3.05, 3.63) is 34.9 Å². The van der Waals surface area contributed by atoms with E-state index in [-0.39, 0.29) is 12.3 Å². The number of aliphatic imine (C=N–C) groups is 1. The van der Waals surface area contributed by atoms with Gasteiger partial charge in [0.15, 0.2) is 0 Å². The van der Waals surface area contributed by atoms with Crippen LogP contribution in [0.5, 0.6) is 0 Å². The van der Waals surface area contributed by atoms with E-state index in [0.717, 1.165) is 5.56 Å². The van der Waals surface area contributed by atoms with Crippen LogP contribution in [0.1, 0.15) is 57.9 Å². The number of carbonyl (C=O) groups excluding carboxylic acids is 1. The van der Waals surface area contributed by atoms with Crippen LogP contribution < -0.4 is 10.6 Å². The molecule has 222 valence electrons. The molecule has 2 N–H and O–H groups in total. The van der Waals surface area contributed by atoms with Crippen LogP contribution >= 0.6 is 11.6 Å². The zero-order valence-electron chi connectivity index (χ0n) is 22.1. The number of amidine groups is 1. The van der Waals surface area contributed by atoms with Crippen molar-refractivity contribution in [2.24, 2.45) is 16.3 Å². The molecule has 0 aromatic heterocycles. The molecule has 6 rings (SSSR count). The molecule has 14 heteroatoms. The van der Waals surface area contributed by atoms with Crippen LogP contribution in [-0.2, 0) is 21.4 Å². The number of alkyl halides is 5. The molecule has 4 aliphatic carbocycles. The van der Waals surface area contributed by atoms with Crippen LogP contribution in [0.2, 0.25) is 5.02 Å². The van der Waals surface area contributed by atoms with Crippen LogP contribution in [0.3, 0.4) is 0 Å². The van der Waals surface area contributed by atoms with E-state index in [0.29, 0.717) is 30.1 Å². The monoisotopic (exact) mass is 610 g/mol. The van der Waals surface area contributed by atoms with Gasteiger partial charge in [-0.3, -0.25) is 9.79 Å². The predicted molar refractivity (Wildman–Crippen MR) is 140 cm³/mol. The molecule has 7 nitrogen and oxygen atoms in total. The minimum absolute atomic E-state index is 0.0777. The number of sulfonamides is 1. The van der Waals surface area contributed by atoms with Gasteiger partial charge in [-0.2, -0.15) is 17.5 Å². The van der Waals surface area contributed by atoms with E-state index >= 15 is 0 Å². The van der Waals surface area contributed by atoms with Crippen LogP contribution in [0.25, 0.3) is 0 Å². The summed E-state index contributed by atoms with van der Waals surface area (Å²) in [4.78, 5) is 17.4. The molecule has 1 atom stereocenters. The van der Waals surface area contributed by atoms with Gasteiger partial charge in [0.2, 0.25) is 21.9 Å². The minimum atomic E-state index is -4.38. The van der Waals surface area contributed by atoms with Crippen molar-refractivity contribution in [1.29, 1.82) is 0 Å². The molecular formula is C26H32ClF5N4O3S. The third kappa shape index (κ3) is 5.57. The number of nitrogens with one attached hydrogen (secondary N) is 2. The number of amides is 1. The summed E-state index contributed by atoms with van der Waals surface area (Å²) in [6, 6.07) is 5.93. The van der Waals surface area contributed by atoms with Gasteiger partial charge in [0.1, 0.15) is 11.9 Å². The second-order valence-electron chi connectivity index (χ2n) is 12.4. The van der Waals surface area contributed by atoms with Gasteiger partial charge >= 0.3 is 6.18 Å². The molecule has 0 saturated heterocycles. The lowest BCUT2D eigenvalue weighted by molar-refractivity contribution is -0.151. The second kappa shape index (κ2) is 9.52. The van der Waals surface area contributed by atoms with Crippen molar-refractivity contribution in [2.75, 3.05) is 12.3 Å². The molecule has 1 aliphatic heterocycles. The van der Waals surface area contributed by atoms with E-state index in [1.165, 1.54) is 4.31 Å². The first-order valence-corrected chi connectivity index (χ1v) is 15.2. The molecule has 1 amide bonds. The standard InChI is InChI=1S/C26H32ClF5N4O3S/c1-22(2)19(20(37)33-8-7-26(30,31)32)34-21(35-22)23-13-24(14-23,15-23)36(11-16-3-5-18(27)6-4-16)40(38,39)12-17-9-25(28,29)10-17/h3-6,17,19H,7-15H2,1-2H3,(H,33,37)(H,34,35)/t19-,23?,24?/m0/s1. The summed E-state index contributed by atoms with van der Waals surface area (Å²) in [5.41, 5.74) is -1.37. The maximum atomic E-state index is 13.6. The maximum Gasteiger partial charge on any atom is 0.390 e. The molecule has 5 aliphatic rings. The van der Waals surface area contributed by atoms with E-state index in [9.17, 15) is 35.2 Å². The van der Waals surface area contributed by atoms with E-state index in [2.05, 4.69) is 10.6 Å². The van der Waals surface area contributed by atoms with Crippen molar-refractivity contribution in [2.45, 2.75) is 88.1 Å². The predicted octanol–water partition coefficient (Wildman–Crippen LogP) is 4.66. The van der Waals surface area contributed by atoms with Crippen LogP contribution in [0, 0.1) is 11.3 Å². The Labute approximate surface area is 235 Å². The number of hydrogen-bond acceptors (Lipinski definition) is 5. The van der Waals surface area contributed by atoms with Gasteiger partial charge in [-0.25, -0.2) is 17.2 Å². The lowest BCUT2D eigenvalue weighted by Gasteiger charge is -2.73. The van der Waals surface area contributed by atoms with Crippen molar-refractivity contribution in [3.63, 3.8) is 0 Å². The van der Waals surface area contributed by atoms with E-state index < -0.39 is 82.3 Å². The first kappa shape index (κ1) is 29.5. The van der Waals surface area contributed by atoms with Gasteiger partial charge in [0, 0.05) is 41.9 Å². The summed E-state index contributed by atoms with van der Waals surface area (Å²) in [5.74, 6) is -3.81. The fourth-order valence-electron chi connectivity index (χ4n) is 6.64. The molecule has 0 radical (unpaired) electrons. The molecule has 4 saturated carbocycles. The van der Waals surface area contributed by atoms with E-state index in [1.54, 1.807) is 38.1 Å². The van der Waals surface area contributed by atoms with Crippen molar-refractivity contribution in [1.82, 2.24) is 14.9 Å². The minimum Gasteiger partial charge on any atom is -0.360 e. The highest BCUT2D eigenvalue weighted by Crippen LogP contribution is 2.71. The number of hydrogen-bond donors (Lipinski definition) is 2. The zero-order chi connectivity index (χ0) is 29.4. The topological polar surface area (TPSA) is 90.9 Å². The normalized spacial score (nSPS) is 30.5. The Morgan fingerprint density at radius 1 is 1.15 bits per heavy atom. The van der Waals surface area contributed by atoms with Gasteiger partial charge in [0.25, 0.3) is 0 Å². The first-order valence-electron chi connectivity index (χ1n) is 13.2. The highest BCUT2D eigenvalue weighted by molar-refractivity contribution is 7.89. The molecule has 1 aromatic carbocycles. The fourth-order valence-corrected chi connectivity index (χ4v) is 8.91. The van der Waals surface area contributed by atoms with Crippen LogP contribution in [0.15, 0.2) is 29.3 Å². The maximum absolute atomic E-state index is 13.6. The Balaban J connectivity index is 1.28. The Morgan fingerprint density at radius 2 is 1.75 bits per heavy atom. The number of rotatable bonds is 10. The van der Waals surface area contributed by atoms with Gasteiger partial charge in [-0.05, 0) is 56.7 Å². The Hall–Kier alpha value is -1.99. The molecule has 1 heterocycles. The van der Waals surface area contributed by atoms with Crippen LogP contribution in [-0.4, -0.2) is 66.0 Å². The smallest absolute Gasteiger partial charge is 0.360 e. The molecule has 40 heavy (non-hydrogen) atoms. The molecular weight excluding hydrogens is 579 g/mol. The summed E-state index contributed by atoms with van der Waals surface area (Å²) in [5, 5.41) is 5.94. The van der Waals surface area contributed by atoms with Crippen molar-refractivity contribution >= 4 is 33.4 Å². The third-order valence-electron chi connectivity index (χ3n) is 8.59. The molecule has 1 aromatic rings. The van der Waals surface area contributed by atoms with Gasteiger partial charge in [-0.15, -0.1) is 0 Å². The van der Waals surface area contributed by atoms with Gasteiger partial charge < -0.3 is 10.6 Å². The summed E-state index contributed by atoms with van der Waals surface area (Å²) in [6.45, 7) is 2.97. The van der Waals surface area contributed by atoms with Crippen molar-refractivity contribution < 1.29 is 35.2 Å². The first-order chi connectivity index (χ1) is 18.3. The fraction of sp³-hybridized carbons (Fsp3) is 0.692. The Morgan fingerprint density at radius 3 is 2.30 bits per heavy atom. The molecule has 0 unspecified atom stereocenters. The summed E-state index contributed by atoms with van der Waals surface area (Å²) < 4.78 is 93.0. The highest BCUT2D eigenvalue weighted by atomic mass is 35.5. The number of benzene rings is 1. The summed E-state index contributed by atoms with van der Waals surface area (Å²) >= 11 is 5.99. The Kier molecular flexibility index (Phi) is 7.02. The van der Waals surface area contributed by atoms with Crippen molar-refractivity contribution in [3.8, 4) is 0 Å². The highest BCUT2D eigenvalue weighted by Gasteiger charge is 2.75. The summed E-state index contributed by atoms with van der Waals surface area (Å²) in [6.07, 6.45) is -5.08. The SMILES string of the molecule is CC1(C)N=C(C23CC(N(Cc4ccc(Cl)cc4)S(=O)(=O)CC4CC(F)(F)C4)(C2)C3)N[C@H]1C(=O)NCCC(F)(F)F. The number of nitrogens with zero attached hydrogens (tertiary/aromatic N) is 2. The average Bonchev–Trinajstić information content (AvgIpc) is 3.05. The summed E-state index contributed by atoms with van der Waals surface area (Å²) in [7, 11) is -3.89. The third-order valence-corrected chi connectivity index (χ3v) is 10.9. The lowest BCUT2D eigenvalue weighted by Crippen LogP contribution is -2.78. The van der Waals surface area contributed by atoms with Crippen LogP contribution in [0.4, 0.5) is 22.0 Å². The number of halogens is 6. The molecule has 0 spiro atoms.